The van der Waals surface area contributed by atoms with Crippen molar-refractivity contribution in [3.63, 3.8) is 0 Å². The van der Waals surface area contributed by atoms with Crippen LogP contribution in [-0.2, 0) is 6.54 Å². The van der Waals surface area contributed by atoms with Gasteiger partial charge in [0.25, 0.3) is 11.6 Å². The zero-order chi connectivity index (χ0) is 18.0. The number of rotatable bonds is 4. The van der Waals surface area contributed by atoms with E-state index in [0.29, 0.717) is 30.8 Å². The molecule has 0 unspecified atom stereocenters. The number of nitrogens with zero attached hydrogens (tertiary/aromatic N) is 4. The van der Waals surface area contributed by atoms with Gasteiger partial charge in [-0.1, -0.05) is 5.16 Å². The summed E-state index contributed by atoms with van der Waals surface area (Å²) >= 11 is 0. The number of nitro groups is 1. The van der Waals surface area contributed by atoms with Gasteiger partial charge in [-0.15, -0.1) is 0 Å². The van der Waals surface area contributed by atoms with Crippen LogP contribution in [0.5, 0.6) is 0 Å². The third kappa shape index (κ3) is 3.85. The third-order valence-electron chi connectivity index (χ3n) is 4.36. The Morgan fingerprint density at radius 3 is 2.52 bits per heavy atom. The topological polar surface area (TPSA) is 92.7 Å². The van der Waals surface area contributed by atoms with Crippen LogP contribution in [0.4, 0.5) is 5.69 Å². The lowest BCUT2D eigenvalue weighted by molar-refractivity contribution is -0.385. The minimum Gasteiger partial charge on any atom is -0.360 e. The molecular formula is C17H20N4O4. The van der Waals surface area contributed by atoms with Crippen molar-refractivity contribution >= 4 is 11.6 Å². The van der Waals surface area contributed by atoms with Crippen molar-refractivity contribution in [3.8, 4) is 0 Å². The number of carbonyl (C=O) groups is 1. The predicted octanol–water partition coefficient (Wildman–Crippen LogP) is 2.16. The van der Waals surface area contributed by atoms with Crippen molar-refractivity contribution in [2.24, 2.45) is 0 Å². The highest BCUT2D eigenvalue weighted by molar-refractivity contribution is 5.94. The van der Waals surface area contributed by atoms with Gasteiger partial charge in [0.05, 0.1) is 17.2 Å². The summed E-state index contributed by atoms with van der Waals surface area (Å²) in [6, 6.07) is 6.42. The van der Waals surface area contributed by atoms with Gasteiger partial charge < -0.3 is 9.42 Å². The Morgan fingerprint density at radius 2 is 1.96 bits per heavy atom. The molecule has 8 nitrogen and oxygen atoms in total. The van der Waals surface area contributed by atoms with Crippen molar-refractivity contribution < 1.29 is 14.2 Å². The van der Waals surface area contributed by atoms with Crippen molar-refractivity contribution in [1.82, 2.24) is 15.0 Å². The molecule has 1 saturated heterocycles. The van der Waals surface area contributed by atoms with E-state index in [1.54, 1.807) is 17.9 Å². The SMILES string of the molecule is Cc1cc(CN2CCN(C(=O)c3ccc([N+](=O)[O-])c(C)c3)CC2)on1. The Hall–Kier alpha value is -2.74. The molecule has 0 atom stereocenters. The van der Waals surface area contributed by atoms with Gasteiger partial charge in [-0.2, -0.15) is 0 Å². The standard InChI is InChI=1S/C17H20N4O4/c1-12-9-14(3-4-16(12)21(23)24)17(22)20-7-5-19(6-8-20)11-15-10-13(2)18-25-15/h3-4,9-10H,5-8,11H2,1-2H3. The molecule has 3 rings (SSSR count). The van der Waals surface area contributed by atoms with Crippen molar-refractivity contribution in [2.45, 2.75) is 20.4 Å². The van der Waals surface area contributed by atoms with Gasteiger partial charge in [-0.25, -0.2) is 0 Å². The fourth-order valence-electron chi connectivity index (χ4n) is 3.00. The number of amides is 1. The van der Waals surface area contributed by atoms with Gasteiger partial charge in [0, 0.05) is 49.4 Å². The third-order valence-corrected chi connectivity index (χ3v) is 4.36. The smallest absolute Gasteiger partial charge is 0.272 e. The number of piperazine rings is 1. The number of nitro benzene ring substituents is 1. The molecule has 0 saturated carbocycles. The highest BCUT2D eigenvalue weighted by Gasteiger charge is 2.24. The van der Waals surface area contributed by atoms with Crippen molar-refractivity contribution in [2.75, 3.05) is 26.2 Å². The van der Waals surface area contributed by atoms with E-state index in [1.165, 1.54) is 12.1 Å². The maximum absolute atomic E-state index is 12.6. The highest BCUT2D eigenvalue weighted by atomic mass is 16.6. The highest BCUT2D eigenvalue weighted by Crippen LogP contribution is 2.20. The van der Waals surface area contributed by atoms with Crippen LogP contribution in [0.1, 0.15) is 27.4 Å². The van der Waals surface area contributed by atoms with E-state index in [4.69, 9.17) is 4.52 Å². The van der Waals surface area contributed by atoms with E-state index in [9.17, 15) is 14.9 Å². The summed E-state index contributed by atoms with van der Waals surface area (Å²) in [6.45, 7) is 6.93. The number of hydrogen-bond donors (Lipinski definition) is 0. The van der Waals surface area contributed by atoms with Gasteiger partial charge in [0.15, 0.2) is 5.76 Å². The summed E-state index contributed by atoms with van der Waals surface area (Å²) in [6.07, 6.45) is 0. The largest absolute Gasteiger partial charge is 0.360 e. The number of carbonyl (C=O) groups excluding carboxylic acids is 1. The lowest BCUT2D eigenvalue weighted by Gasteiger charge is -2.34. The molecule has 0 radical (unpaired) electrons. The van der Waals surface area contributed by atoms with Crippen LogP contribution in [0.2, 0.25) is 0 Å². The van der Waals surface area contributed by atoms with Gasteiger partial charge in [0.1, 0.15) is 0 Å². The molecule has 0 aliphatic carbocycles. The molecule has 0 N–H and O–H groups in total. The zero-order valence-corrected chi connectivity index (χ0v) is 14.3. The number of aromatic nitrogens is 1. The van der Waals surface area contributed by atoms with E-state index in [-0.39, 0.29) is 11.6 Å². The lowest BCUT2D eigenvalue weighted by atomic mass is 10.1. The number of hydrogen-bond acceptors (Lipinski definition) is 6. The van der Waals surface area contributed by atoms with Crippen LogP contribution in [0.15, 0.2) is 28.8 Å². The zero-order valence-electron chi connectivity index (χ0n) is 14.3. The Bertz CT molecular complexity index is 794. The van der Waals surface area contributed by atoms with Crippen LogP contribution >= 0.6 is 0 Å². The molecular weight excluding hydrogens is 324 g/mol. The van der Waals surface area contributed by atoms with Gasteiger partial charge >= 0.3 is 0 Å². The molecule has 1 amide bonds. The summed E-state index contributed by atoms with van der Waals surface area (Å²) in [7, 11) is 0. The molecule has 1 aliphatic heterocycles. The van der Waals surface area contributed by atoms with Gasteiger partial charge in [-0.05, 0) is 26.0 Å². The molecule has 1 aromatic carbocycles. The molecule has 132 valence electrons. The van der Waals surface area contributed by atoms with E-state index in [0.717, 1.165) is 24.5 Å². The quantitative estimate of drug-likeness (QED) is 0.623. The second-order valence-corrected chi connectivity index (χ2v) is 6.26. The molecule has 25 heavy (non-hydrogen) atoms. The number of benzene rings is 1. The summed E-state index contributed by atoms with van der Waals surface area (Å²) in [5.74, 6) is 0.733. The first-order valence-corrected chi connectivity index (χ1v) is 8.13. The molecule has 2 heterocycles. The first-order chi connectivity index (χ1) is 11.9. The fraction of sp³-hybridized carbons (Fsp3) is 0.412. The molecule has 0 spiro atoms. The molecule has 1 aromatic heterocycles. The van der Waals surface area contributed by atoms with Crippen LogP contribution in [0.25, 0.3) is 0 Å². The predicted molar refractivity (Wildman–Crippen MR) is 90.3 cm³/mol. The Labute approximate surface area is 145 Å². The van der Waals surface area contributed by atoms with Crippen LogP contribution in [-0.4, -0.2) is 52.0 Å². The molecule has 8 heteroatoms. The fourth-order valence-corrected chi connectivity index (χ4v) is 3.00. The Balaban J connectivity index is 1.59. The molecule has 1 aliphatic rings. The van der Waals surface area contributed by atoms with Gasteiger partial charge in [-0.3, -0.25) is 19.8 Å². The van der Waals surface area contributed by atoms with E-state index in [1.807, 2.05) is 13.0 Å². The van der Waals surface area contributed by atoms with Gasteiger partial charge in [0.2, 0.25) is 0 Å². The monoisotopic (exact) mass is 344 g/mol. The Kier molecular flexibility index (Phi) is 4.80. The summed E-state index contributed by atoms with van der Waals surface area (Å²) in [4.78, 5) is 27.1. The van der Waals surface area contributed by atoms with Crippen molar-refractivity contribution in [1.29, 1.82) is 0 Å². The van der Waals surface area contributed by atoms with E-state index >= 15 is 0 Å². The molecule has 2 aromatic rings. The lowest BCUT2D eigenvalue weighted by Crippen LogP contribution is -2.48. The van der Waals surface area contributed by atoms with Crippen LogP contribution in [0, 0.1) is 24.0 Å². The van der Waals surface area contributed by atoms with Crippen LogP contribution < -0.4 is 0 Å². The second kappa shape index (κ2) is 7.02. The first kappa shape index (κ1) is 17.1. The summed E-state index contributed by atoms with van der Waals surface area (Å²) in [5.41, 5.74) is 1.87. The minimum absolute atomic E-state index is 0.0312. The summed E-state index contributed by atoms with van der Waals surface area (Å²) in [5, 5.41) is 14.8. The Morgan fingerprint density at radius 1 is 1.24 bits per heavy atom. The maximum Gasteiger partial charge on any atom is 0.272 e. The first-order valence-electron chi connectivity index (χ1n) is 8.13. The van der Waals surface area contributed by atoms with E-state index < -0.39 is 4.92 Å². The van der Waals surface area contributed by atoms with E-state index in [2.05, 4.69) is 10.1 Å². The maximum atomic E-state index is 12.6. The molecule has 0 bridgehead atoms. The van der Waals surface area contributed by atoms with Crippen molar-refractivity contribution in [3.05, 3.63) is 57.0 Å². The second-order valence-electron chi connectivity index (χ2n) is 6.26. The molecule has 1 fully saturated rings. The minimum atomic E-state index is -0.437. The average molecular weight is 344 g/mol. The normalized spacial score (nSPS) is 15.4. The average Bonchev–Trinajstić information content (AvgIpc) is 2.99. The van der Waals surface area contributed by atoms with Crippen LogP contribution in [0.3, 0.4) is 0 Å². The number of aryl methyl sites for hydroxylation is 2. The summed E-state index contributed by atoms with van der Waals surface area (Å²) < 4.78 is 5.23.